The lowest BCUT2D eigenvalue weighted by atomic mass is 10.0. The summed E-state index contributed by atoms with van der Waals surface area (Å²) in [7, 11) is 0. The third-order valence-corrected chi connectivity index (χ3v) is 2.55. The van der Waals surface area contributed by atoms with Gasteiger partial charge >= 0.3 is 6.18 Å². The van der Waals surface area contributed by atoms with E-state index in [1.807, 2.05) is 0 Å². The molecule has 0 aliphatic heterocycles. The molecule has 0 spiro atoms. The number of rotatable bonds is 4. The fraction of sp³-hybridized carbons (Fsp3) is 0.400. The SMILES string of the molecule is NNC(Cc1ccc(F)cc1Cl)CC(F)(F)F. The van der Waals surface area contributed by atoms with Crippen molar-refractivity contribution in [3.8, 4) is 0 Å². The Morgan fingerprint density at radius 2 is 2.00 bits per heavy atom. The van der Waals surface area contributed by atoms with E-state index in [1.54, 1.807) is 0 Å². The van der Waals surface area contributed by atoms with E-state index in [0.717, 1.165) is 12.1 Å². The van der Waals surface area contributed by atoms with Crippen molar-refractivity contribution in [2.24, 2.45) is 5.84 Å². The van der Waals surface area contributed by atoms with Crippen molar-refractivity contribution in [1.29, 1.82) is 0 Å². The summed E-state index contributed by atoms with van der Waals surface area (Å²) in [5.41, 5.74) is 2.49. The van der Waals surface area contributed by atoms with Crippen molar-refractivity contribution < 1.29 is 17.6 Å². The molecule has 3 N–H and O–H groups in total. The minimum absolute atomic E-state index is 0.0187. The van der Waals surface area contributed by atoms with Crippen molar-refractivity contribution >= 4 is 11.6 Å². The zero-order valence-electron chi connectivity index (χ0n) is 8.69. The number of alkyl halides is 3. The maximum Gasteiger partial charge on any atom is 0.390 e. The Labute approximate surface area is 101 Å². The minimum atomic E-state index is -4.32. The molecule has 1 atom stereocenters. The molecule has 0 aliphatic carbocycles. The van der Waals surface area contributed by atoms with Gasteiger partial charge in [-0.2, -0.15) is 13.2 Å². The van der Waals surface area contributed by atoms with Crippen molar-refractivity contribution in [3.63, 3.8) is 0 Å². The van der Waals surface area contributed by atoms with Gasteiger partial charge in [0.1, 0.15) is 5.82 Å². The van der Waals surface area contributed by atoms with E-state index in [-0.39, 0.29) is 11.4 Å². The monoisotopic (exact) mass is 270 g/mol. The zero-order valence-corrected chi connectivity index (χ0v) is 9.45. The number of nitrogens with two attached hydrogens (primary N) is 1. The van der Waals surface area contributed by atoms with Crippen molar-refractivity contribution in [3.05, 3.63) is 34.6 Å². The highest BCUT2D eigenvalue weighted by molar-refractivity contribution is 6.31. The summed E-state index contributed by atoms with van der Waals surface area (Å²) >= 11 is 5.71. The maximum atomic E-state index is 12.7. The molecule has 0 saturated carbocycles. The van der Waals surface area contributed by atoms with Gasteiger partial charge in [-0.1, -0.05) is 17.7 Å². The van der Waals surface area contributed by atoms with Crippen molar-refractivity contribution in [2.45, 2.75) is 25.1 Å². The van der Waals surface area contributed by atoms with E-state index in [4.69, 9.17) is 17.4 Å². The van der Waals surface area contributed by atoms with E-state index in [0.29, 0.717) is 5.56 Å². The summed E-state index contributed by atoms with van der Waals surface area (Å²) in [6, 6.07) is 2.55. The van der Waals surface area contributed by atoms with Gasteiger partial charge in [0.25, 0.3) is 0 Å². The third kappa shape index (κ3) is 4.89. The molecule has 1 rings (SSSR count). The van der Waals surface area contributed by atoms with Crippen LogP contribution in [-0.4, -0.2) is 12.2 Å². The molecule has 1 unspecified atom stereocenters. The first-order valence-electron chi connectivity index (χ1n) is 4.78. The average molecular weight is 271 g/mol. The summed E-state index contributed by atoms with van der Waals surface area (Å²) in [5.74, 6) is 4.51. The second-order valence-corrected chi connectivity index (χ2v) is 4.03. The second-order valence-electron chi connectivity index (χ2n) is 3.62. The summed E-state index contributed by atoms with van der Waals surface area (Å²) in [4.78, 5) is 0. The predicted molar refractivity (Wildman–Crippen MR) is 56.9 cm³/mol. The van der Waals surface area contributed by atoms with Gasteiger partial charge in [0, 0.05) is 11.1 Å². The van der Waals surface area contributed by atoms with Gasteiger partial charge in [-0.15, -0.1) is 0 Å². The van der Waals surface area contributed by atoms with E-state index in [2.05, 4.69) is 5.43 Å². The molecule has 1 aromatic carbocycles. The number of halogens is 5. The number of hydrogen-bond acceptors (Lipinski definition) is 2. The molecule has 7 heteroatoms. The lowest BCUT2D eigenvalue weighted by molar-refractivity contribution is -0.140. The number of hydrazine groups is 1. The molecule has 17 heavy (non-hydrogen) atoms. The average Bonchev–Trinajstić information content (AvgIpc) is 2.19. The lowest BCUT2D eigenvalue weighted by Crippen LogP contribution is -2.40. The largest absolute Gasteiger partial charge is 0.390 e. The summed E-state index contributed by atoms with van der Waals surface area (Å²) in [5, 5.41) is 0.0902. The highest BCUT2D eigenvalue weighted by Crippen LogP contribution is 2.25. The standard InChI is InChI=1S/C10H11ClF4N2/c11-9-4-7(12)2-1-6(9)3-8(17-16)5-10(13,14)15/h1-2,4,8,17H,3,5,16H2. The van der Waals surface area contributed by atoms with Gasteiger partial charge in [0.05, 0.1) is 6.42 Å². The zero-order chi connectivity index (χ0) is 13.1. The van der Waals surface area contributed by atoms with Gasteiger partial charge in [0.2, 0.25) is 0 Å². The first-order valence-corrected chi connectivity index (χ1v) is 5.16. The van der Waals surface area contributed by atoms with E-state index >= 15 is 0 Å². The molecule has 0 radical (unpaired) electrons. The van der Waals surface area contributed by atoms with Crippen LogP contribution >= 0.6 is 11.6 Å². The topological polar surface area (TPSA) is 38.0 Å². The number of hydrogen-bond donors (Lipinski definition) is 2. The van der Waals surface area contributed by atoms with Crippen LogP contribution in [0.2, 0.25) is 5.02 Å². The molecule has 2 nitrogen and oxygen atoms in total. The maximum absolute atomic E-state index is 12.7. The normalized spacial score (nSPS) is 13.8. The second kappa shape index (κ2) is 5.66. The van der Waals surface area contributed by atoms with Crippen LogP contribution < -0.4 is 11.3 Å². The van der Waals surface area contributed by atoms with Crippen molar-refractivity contribution in [2.75, 3.05) is 0 Å². The van der Waals surface area contributed by atoms with Crippen LogP contribution in [0.1, 0.15) is 12.0 Å². The smallest absolute Gasteiger partial charge is 0.271 e. The molecule has 0 aliphatic rings. The van der Waals surface area contributed by atoms with Crippen LogP contribution in [0.15, 0.2) is 18.2 Å². The first kappa shape index (κ1) is 14.2. The quantitative estimate of drug-likeness (QED) is 0.502. The van der Waals surface area contributed by atoms with Crippen LogP contribution in [0.3, 0.4) is 0 Å². The predicted octanol–water partition coefficient (Wildman–Crippen LogP) is 2.81. The molecule has 0 bridgehead atoms. The molecule has 0 aromatic heterocycles. The molecule has 96 valence electrons. The Bertz CT molecular complexity index is 381. The number of benzene rings is 1. The summed E-state index contributed by atoms with van der Waals surface area (Å²) < 4.78 is 49.2. The Morgan fingerprint density at radius 1 is 1.35 bits per heavy atom. The van der Waals surface area contributed by atoms with Gasteiger partial charge in [-0.05, 0) is 24.1 Å². The molecule has 1 aromatic rings. The third-order valence-electron chi connectivity index (χ3n) is 2.19. The Balaban J connectivity index is 2.74. The van der Waals surface area contributed by atoms with E-state index < -0.39 is 24.5 Å². The van der Waals surface area contributed by atoms with Crippen LogP contribution in [0.25, 0.3) is 0 Å². The van der Waals surface area contributed by atoms with E-state index in [9.17, 15) is 17.6 Å². The fourth-order valence-corrected chi connectivity index (χ4v) is 1.67. The lowest BCUT2D eigenvalue weighted by Gasteiger charge is -2.18. The molecule has 0 heterocycles. The fourth-order valence-electron chi connectivity index (χ4n) is 1.42. The molecular formula is C10H11ClF4N2. The van der Waals surface area contributed by atoms with Gasteiger partial charge in [-0.25, -0.2) is 4.39 Å². The summed E-state index contributed by atoms with van der Waals surface area (Å²) in [6.07, 6.45) is -5.41. The van der Waals surface area contributed by atoms with Gasteiger partial charge in [-0.3, -0.25) is 11.3 Å². The van der Waals surface area contributed by atoms with Crippen LogP contribution in [-0.2, 0) is 6.42 Å². The van der Waals surface area contributed by atoms with Crippen LogP contribution in [0.5, 0.6) is 0 Å². The van der Waals surface area contributed by atoms with E-state index in [1.165, 1.54) is 6.07 Å². The van der Waals surface area contributed by atoms with Crippen molar-refractivity contribution in [1.82, 2.24) is 5.43 Å². The molecule has 0 fully saturated rings. The minimum Gasteiger partial charge on any atom is -0.271 e. The number of nitrogens with one attached hydrogen (secondary N) is 1. The highest BCUT2D eigenvalue weighted by atomic mass is 35.5. The summed E-state index contributed by atoms with van der Waals surface area (Å²) in [6.45, 7) is 0. The van der Waals surface area contributed by atoms with Crippen LogP contribution in [0.4, 0.5) is 17.6 Å². The van der Waals surface area contributed by atoms with Crippen LogP contribution in [0, 0.1) is 5.82 Å². The highest BCUT2D eigenvalue weighted by Gasteiger charge is 2.31. The molecular weight excluding hydrogens is 260 g/mol. The molecule has 0 saturated heterocycles. The van der Waals surface area contributed by atoms with Gasteiger partial charge in [0.15, 0.2) is 0 Å². The first-order chi connectivity index (χ1) is 7.81. The Kier molecular flexibility index (Phi) is 4.73. The Morgan fingerprint density at radius 3 is 2.47 bits per heavy atom. The van der Waals surface area contributed by atoms with Gasteiger partial charge < -0.3 is 0 Å². The molecule has 0 amide bonds. The Hall–Kier alpha value is -0.850.